The standard InChI is InChI=1S/C15H21N3O/c1-10-2-7-14(17-16)13(8-10)15(19)18(12-5-6-12)9-11-3-4-11/h2,7-8,11-12,17H,3-6,9,16H2,1H3. The maximum atomic E-state index is 12.8. The minimum absolute atomic E-state index is 0.131. The first-order valence-electron chi connectivity index (χ1n) is 7.07. The van der Waals surface area contributed by atoms with Gasteiger partial charge in [0.15, 0.2) is 0 Å². The summed E-state index contributed by atoms with van der Waals surface area (Å²) in [5, 5.41) is 0. The number of amides is 1. The fourth-order valence-electron chi connectivity index (χ4n) is 2.48. The molecule has 2 aliphatic rings. The number of rotatable bonds is 5. The Hall–Kier alpha value is -1.55. The molecule has 0 heterocycles. The molecule has 0 atom stereocenters. The van der Waals surface area contributed by atoms with Crippen molar-refractivity contribution in [3.8, 4) is 0 Å². The number of hydrazine groups is 1. The van der Waals surface area contributed by atoms with Crippen LogP contribution in [-0.4, -0.2) is 23.4 Å². The molecule has 0 aromatic heterocycles. The van der Waals surface area contributed by atoms with E-state index in [4.69, 9.17) is 5.84 Å². The van der Waals surface area contributed by atoms with Crippen molar-refractivity contribution in [2.24, 2.45) is 11.8 Å². The summed E-state index contributed by atoms with van der Waals surface area (Å²) in [5.74, 6) is 6.38. The Bertz CT molecular complexity index is 492. The van der Waals surface area contributed by atoms with Crippen molar-refractivity contribution in [3.63, 3.8) is 0 Å². The first kappa shape index (κ1) is 12.5. The van der Waals surface area contributed by atoms with Crippen molar-refractivity contribution in [1.82, 2.24) is 4.90 Å². The van der Waals surface area contributed by atoms with Gasteiger partial charge in [0.2, 0.25) is 0 Å². The van der Waals surface area contributed by atoms with Gasteiger partial charge in [0.05, 0.1) is 11.3 Å². The van der Waals surface area contributed by atoms with Crippen LogP contribution >= 0.6 is 0 Å². The molecule has 0 unspecified atom stereocenters. The summed E-state index contributed by atoms with van der Waals surface area (Å²) < 4.78 is 0. The summed E-state index contributed by atoms with van der Waals surface area (Å²) in [6.45, 7) is 2.92. The second kappa shape index (κ2) is 4.85. The van der Waals surface area contributed by atoms with Gasteiger partial charge in [0.25, 0.3) is 5.91 Å². The molecule has 1 amide bonds. The van der Waals surface area contributed by atoms with E-state index in [0.717, 1.165) is 36.6 Å². The number of hydrogen-bond donors (Lipinski definition) is 2. The number of benzene rings is 1. The lowest BCUT2D eigenvalue weighted by Crippen LogP contribution is -2.35. The van der Waals surface area contributed by atoms with E-state index >= 15 is 0 Å². The number of carbonyl (C=O) groups is 1. The van der Waals surface area contributed by atoms with Crippen LogP contribution in [0.25, 0.3) is 0 Å². The highest BCUT2D eigenvalue weighted by Gasteiger charge is 2.37. The Labute approximate surface area is 113 Å². The molecule has 0 bridgehead atoms. The summed E-state index contributed by atoms with van der Waals surface area (Å²) in [4.78, 5) is 14.8. The van der Waals surface area contributed by atoms with E-state index < -0.39 is 0 Å². The number of nitrogens with one attached hydrogen (secondary N) is 1. The molecule has 3 rings (SSSR count). The third-order valence-corrected chi connectivity index (χ3v) is 3.96. The molecule has 1 aromatic carbocycles. The van der Waals surface area contributed by atoms with E-state index in [1.807, 2.05) is 25.1 Å². The lowest BCUT2D eigenvalue weighted by atomic mass is 10.1. The summed E-state index contributed by atoms with van der Waals surface area (Å²) in [6.07, 6.45) is 4.84. The van der Waals surface area contributed by atoms with Crippen molar-refractivity contribution in [3.05, 3.63) is 29.3 Å². The largest absolute Gasteiger partial charge is 0.335 e. The van der Waals surface area contributed by atoms with E-state index in [9.17, 15) is 4.79 Å². The van der Waals surface area contributed by atoms with Crippen LogP contribution in [0, 0.1) is 12.8 Å². The molecule has 19 heavy (non-hydrogen) atoms. The first-order chi connectivity index (χ1) is 9.19. The van der Waals surface area contributed by atoms with Crippen LogP contribution in [0.2, 0.25) is 0 Å². The Kier molecular flexibility index (Phi) is 3.19. The van der Waals surface area contributed by atoms with Crippen molar-refractivity contribution in [2.45, 2.75) is 38.6 Å². The van der Waals surface area contributed by atoms with Crippen molar-refractivity contribution in [1.29, 1.82) is 0 Å². The zero-order chi connectivity index (χ0) is 13.4. The SMILES string of the molecule is Cc1ccc(NN)c(C(=O)N(CC2CC2)C2CC2)c1. The zero-order valence-electron chi connectivity index (χ0n) is 11.4. The molecule has 4 heteroatoms. The quantitative estimate of drug-likeness (QED) is 0.630. The van der Waals surface area contributed by atoms with Gasteiger partial charge in [-0.15, -0.1) is 0 Å². The van der Waals surface area contributed by atoms with Crippen LogP contribution in [0.3, 0.4) is 0 Å². The van der Waals surface area contributed by atoms with E-state index in [-0.39, 0.29) is 5.91 Å². The van der Waals surface area contributed by atoms with Crippen molar-refractivity contribution in [2.75, 3.05) is 12.0 Å². The van der Waals surface area contributed by atoms with Crippen LogP contribution in [0.1, 0.15) is 41.6 Å². The smallest absolute Gasteiger partial charge is 0.256 e. The normalized spacial score (nSPS) is 18.2. The Morgan fingerprint density at radius 1 is 1.37 bits per heavy atom. The predicted molar refractivity (Wildman–Crippen MR) is 75.8 cm³/mol. The molecule has 2 aliphatic carbocycles. The monoisotopic (exact) mass is 259 g/mol. The summed E-state index contributed by atoms with van der Waals surface area (Å²) in [6, 6.07) is 6.23. The topological polar surface area (TPSA) is 58.4 Å². The summed E-state index contributed by atoms with van der Waals surface area (Å²) in [5.41, 5.74) is 5.15. The number of aryl methyl sites for hydroxylation is 1. The Morgan fingerprint density at radius 3 is 2.68 bits per heavy atom. The lowest BCUT2D eigenvalue weighted by molar-refractivity contribution is 0.0735. The number of nitrogens with two attached hydrogens (primary N) is 1. The minimum atomic E-state index is 0.131. The first-order valence-corrected chi connectivity index (χ1v) is 7.07. The maximum Gasteiger partial charge on any atom is 0.256 e. The fourth-order valence-corrected chi connectivity index (χ4v) is 2.48. The van der Waals surface area contributed by atoms with E-state index in [2.05, 4.69) is 10.3 Å². The van der Waals surface area contributed by atoms with Crippen LogP contribution in [-0.2, 0) is 0 Å². The molecule has 2 fully saturated rings. The number of nitrogens with zero attached hydrogens (tertiary/aromatic N) is 1. The van der Waals surface area contributed by atoms with Crippen molar-refractivity contribution < 1.29 is 4.79 Å². The zero-order valence-corrected chi connectivity index (χ0v) is 11.4. The van der Waals surface area contributed by atoms with E-state index in [0.29, 0.717) is 11.6 Å². The predicted octanol–water partition coefficient (Wildman–Crippen LogP) is 2.30. The maximum absolute atomic E-state index is 12.8. The van der Waals surface area contributed by atoms with Crippen LogP contribution in [0.5, 0.6) is 0 Å². The van der Waals surface area contributed by atoms with Gasteiger partial charge in [-0.05, 0) is 50.7 Å². The number of carbonyl (C=O) groups excluding carboxylic acids is 1. The van der Waals surface area contributed by atoms with Crippen molar-refractivity contribution >= 4 is 11.6 Å². The molecule has 3 N–H and O–H groups in total. The van der Waals surface area contributed by atoms with E-state index in [1.165, 1.54) is 12.8 Å². The van der Waals surface area contributed by atoms with Crippen LogP contribution < -0.4 is 11.3 Å². The molecule has 0 aliphatic heterocycles. The average molecular weight is 259 g/mol. The van der Waals surface area contributed by atoms with Gasteiger partial charge in [0.1, 0.15) is 0 Å². The number of hydrogen-bond acceptors (Lipinski definition) is 3. The highest BCUT2D eigenvalue weighted by Crippen LogP contribution is 2.36. The third-order valence-electron chi connectivity index (χ3n) is 3.96. The third kappa shape index (κ3) is 2.73. The Balaban J connectivity index is 1.85. The number of nitrogen functional groups attached to an aromatic ring is 1. The molecule has 0 spiro atoms. The summed E-state index contributed by atoms with van der Waals surface area (Å²) in [7, 11) is 0. The van der Waals surface area contributed by atoms with Gasteiger partial charge >= 0.3 is 0 Å². The second-order valence-electron chi connectivity index (χ2n) is 5.83. The summed E-state index contributed by atoms with van der Waals surface area (Å²) >= 11 is 0. The van der Waals surface area contributed by atoms with Gasteiger partial charge in [-0.3, -0.25) is 10.6 Å². The molecule has 0 saturated heterocycles. The van der Waals surface area contributed by atoms with Gasteiger partial charge in [-0.1, -0.05) is 11.6 Å². The van der Waals surface area contributed by atoms with Crippen LogP contribution in [0.15, 0.2) is 18.2 Å². The highest BCUT2D eigenvalue weighted by molar-refractivity contribution is 6.00. The fraction of sp³-hybridized carbons (Fsp3) is 0.533. The van der Waals surface area contributed by atoms with Gasteiger partial charge < -0.3 is 10.3 Å². The lowest BCUT2D eigenvalue weighted by Gasteiger charge is -2.23. The van der Waals surface area contributed by atoms with Crippen LogP contribution in [0.4, 0.5) is 5.69 Å². The Morgan fingerprint density at radius 2 is 2.11 bits per heavy atom. The number of anilines is 1. The second-order valence-corrected chi connectivity index (χ2v) is 5.83. The molecular formula is C15H21N3O. The highest BCUT2D eigenvalue weighted by atomic mass is 16.2. The molecular weight excluding hydrogens is 238 g/mol. The molecule has 102 valence electrons. The van der Waals surface area contributed by atoms with Gasteiger partial charge in [-0.25, -0.2) is 0 Å². The van der Waals surface area contributed by atoms with E-state index in [1.54, 1.807) is 0 Å². The molecule has 4 nitrogen and oxygen atoms in total. The minimum Gasteiger partial charge on any atom is -0.335 e. The molecule has 2 saturated carbocycles. The molecule has 0 radical (unpaired) electrons. The van der Waals surface area contributed by atoms with Gasteiger partial charge in [-0.2, -0.15) is 0 Å². The molecule has 1 aromatic rings. The average Bonchev–Trinajstić information content (AvgIpc) is 3.27. The van der Waals surface area contributed by atoms with Gasteiger partial charge in [0, 0.05) is 12.6 Å².